The first-order valence-electron chi connectivity index (χ1n) is 27.6. The van der Waals surface area contributed by atoms with Crippen molar-refractivity contribution in [3.05, 3.63) is 107 Å². The van der Waals surface area contributed by atoms with E-state index < -0.39 is 0 Å². The third-order valence-electron chi connectivity index (χ3n) is 13.5. The Kier molecular flexibility index (Phi) is 23.5. The molecule has 6 aromatic carbocycles. The van der Waals surface area contributed by atoms with Gasteiger partial charge in [-0.1, -0.05) is 234 Å². The van der Waals surface area contributed by atoms with Crippen molar-refractivity contribution >= 4 is 32.3 Å². The second-order valence-electron chi connectivity index (χ2n) is 19.3. The van der Waals surface area contributed by atoms with Crippen LogP contribution in [0.4, 0.5) is 0 Å². The Balaban J connectivity index is 1.38. The predicted octanol–water partition coefficient (Wildman–Crippen LogP) is 18.3. The van der Waals surface area contributed by atoms with Gasteiger partial charge < -0.3 is 18.9 Å². The quantitative estimate of drug-likeness (QED) is 0.0240. The van der Waals surface area contributed by atoms with Crippen LogP contribution in [-0.2, 0) is 0 Å². The molecule has 6 rings (SSSR count). The van der Waals surface area contributed by atoms with Gasteiger partial charge in [-0.25, -0.2) is 0 Å². The summed E-state index contributed by atoms with van der Waals surface area (Å²) in [6.07, 6.45) is 34.5. The topological polar surface area (TPSA) is 36.9 Å². The van der Waals surface area contributed by atoms with Crippen LogP contribution in [0.2, 0.25) is 0 Å². The summed E-state index contributed by atoms with van der Waals surface area (Å²) < 4.78 is 26.3. The SMILES string of the molecule is C#Cc1cc(OCCCCCCCC)c(C#Cc2cc(OCCCCCCCC)c(C#Cc3ccc4ccc5cccc6ccc3c4c56)cc2OCCCCCCCC)cc1OCCCCCCCC. The van der Waals surface area contributed by atoms with Gasteiger partial charge in [0.05, 0.1) is 48.7 Å². The van der Waals surface area contributed by atoms with Gasteiger partial charge in [0.25, 0.3) is 0 Å². The molecule has 0 amide bonds. The fourth-order valence-electron chi connectivity index (χ4n) is 9.38. The first-order valence-corrected chi connectivity index (χ1v) is 27.6. The third-order valence-corrected chi connectivity index (χ3v) is 13.5. The molecule has 0 aliphatic carbocycles. The minimum absolute atomic E-state index is 0.598. The summed E-state index contributed by atoms with van der Waals surface area (Å²) in [6, 6.07) is 27.8. The van der Waals surface area contributed by atoms with Gasteiger partial charge in [0.1, 0.15) is 23.0 Å². The molecule has 0 aliphatic heterocycles. The van der Waals surface area contributed by atoms with Crippen LogP contribution in [0.1, 0.15) is 210 Å². The lowest BCUT2D eigenvalue weighted by atomic mass is 9.92. The lowest BCUT2D eigenvalue weighted by Gasteiger charge is -2.15. The molecule has 0 heterocycles. The minimum atomic E-state index is 0.598. The molecule has 0 radical (unpaired) electrons. The molecule has 0 atom stereocenters. The fraction of sp³-hybridized carbons (Fsp3) is 0.485. The van der Waals surface area contributed by atoms with Crippen LogP contribution < -0.4 is 18.9 Å². The number of hydrogen-bond acceptors (Lipinski definition) is 4. The van der Waals surface area contributed by atoms with Crippen molar-refractivity contribution in [2.75, 3.05) is 26.4 Å². The first kappa shape index (κ1) is 53.6. The highest BCUT2D eigenvalue weighted by Crippen LogP contribution is 2.37. The Morgan fingerprint density at radius 2 is 0.643 bits per heavy atom. The van der Waals surface area contributed by atoms with Crippen LogP contribution in [-0.4, -0.2) is 26.4 Å². The summed E-state index contributed by atoms with van der Waals surface area (Å²) in [5.74, 6) is 20.0. The molecule has 0 aromatic heterocycles. The van der Waals surface area contributed by atoms with E-state index in [2.05, 4.69) is 124 Å². The smallest absolute Gasteiger partial charge is 0.136 e. The van der Waals surface area contributed by atoms with Crippen LogP contribution in [0.15, 0.2) is 78.9 Å². The van der Waals surface area contributed by atoms with E-state index in [-0.39, 0.29) is 0 Å². The number of hydrogen-bond donors (Lipinski definition) is 0. The maximum absolute atomic E-state index is 6.71. The van der Waals surface area contributed by atoms with Crippen LogP contribution >= 0.6 is 0 Å². The first-order chi connectivity index (χ1) is 34.6. The van der Waals surface area contributed by atoms with Crippen molar-refractivity contribution in [2.24, 2.45) is 0 Å². The second kappa shape index (κ2) is 30.8. The highest BCUT2D eigenvalue weighted by Gasteiger charge is 2.15. The Bertz CT molecular complexity index is 2640. The molecule has 0 spiro atoms. The maximum Gasteiger partial charge on any atom is 0.136 e. The molecule has 0 aliphatic rings. The largest absolute Gasteiger partial charge is 0.492 e. The van der Waals surface area contributed by atoms with E-state index in [9.17, 15) is 0 Å². The Morgan fingerprint density at radius 3 is 1.04 bits per heavy atom. The molecule has 0 fully saturated rings. The van der Waals surface area contributed by atoms with E-state index in [0.717, 1.165) is 84.8 Å². The minimum Gasteiger partial charge on any atom is -0.492 e. The molecule has 4 heteroatoms. The molecule has 0 N–H and O–H groups in total. The average Bonchev–Trinajstić information content (AvgIpc) is 3.38. The predicted molar refractivity (Wildman–Crippen MR) is 298 cm³/mol. The van der Waals surface area contributed by atoms with Gasteiger partial charge in [0.2, 0.25) is 0 Å². The van der Waals surface area contributed by atoms with Crippen LogP contribution in [0.3, 0.4) is 0 Å². The van der Waals surface area contributed by atoms with Crippen LogP contribution in [0, 0.1) is 36.0 Å². The Labute approximate surface area is 423 Å². The third kappa shape index (κ3) is 16.4. The molecule has 0 saturated heterocycles. The van der Waals surface area contributed by atoms with Gasteiger partial charge in [-0.2, -0.15) is 0 Å². The summed E-state index contributed by atoms with van der Waals surface area (Å²) in [4.78, 5) is 0. The summed E-state index contributed by atoms with van der Waals surface area (Å²) in [6.45, 7) is 11.4. The number of rotatable bonds is 32. The van der Waals surface area contributed by atoms with Gasteiger partial charge in [-0.05, 0) is 64.1 Å². The molecule has 370 valence electrons. The summed E-state index contributed by atoms with van der Waals surface area (Å²) >= 11 is 0. The van der Waals surface area contributed by atoms with Crippen molar-refractivity contribution in [1.29, 1.82) is 0 Å². The molecule has 0 bridgehead atoms. The fourth-order valence-corrected chi connectivity index (χ4v) is 9.38. The molecule has 0 unspecified atom stereocenters. The van der Waals surface area contributed by atoms with E-state index >= 15 is 0 Å². The van der Waals surface area contributed by atoms with Gasteiger partial charge in [-0.3, -0.25) is 0 Å². The lowest BCUT2D eigenvalue weighted by Crippen LogP contribution is -2.04. The number of ether oxygens (including phenoxy) is 4. The van der Waals surface area contributed by atoms with Gasteiger partial charge in [0, 0.05) is 29.8 Å². The summed E-state index contributed by atoms with van der Waals surface area (Å²) in [5.41, 5.74) is 3.98. The Hall–Kier alpha value is -5.76. The van der Waals surface area contributed by atoms with E-state index in [0.29, 0.717) is 49.2 Å². The van der Waals surface area contributed by atoms with Crippen molar-refractivity contribution < 1.29 is 18.9 Å². The zero-order valence-corrected chi connectivity index (χ0v) is 43.5. The van der Waals surface area contributed by atoms with E-state index in [1.807, 2.05) is 12.1 Å². The molecule has 4 nitrogen and oxygen atoms in total. The van der Waals surface area contributed by atoms with Crippen molar-refractivity contribution in [1.82, 2.24) is 0 Å². The molecular formula is C66H82O4. The van der Waals surface area contributed by atoms with E-state index in [4.69, 9.17) is 25.4 Å². The summed E-state index contributed by atoms with van der Waals surface area (Å²) in [7, 11) is 0. The zero-order chi connectivity index (χ0) is 49.0. The van der Waals surface area contributed by atoms with Gasteiger partial charge in [-0.15, -0.1) is 6.42 Å². The number of unbranched alkanes of at least 4 members (excludes halogenated alkanes) is 20. The van der Waals surface area contributed by atoms with Crippen molar-refractivity contribution in [3.63, 3.8) is 0 Å². The van der Waals surface area contributed by atoms with Gasteiger partial charge >= 0.3 is 0 Å². The average molecular weight is 939 g/mol. The normalized spacial score (nSPS) is 11.1. The molecule has 0 saturated carbocycles. The molecule has 6 aromatic rings. The van der Waals surface area contributed by atoms with Gasteiger partial charge in [0.15, 0.2) is 0 Å². The van der Waals surface area contributed by atoms with Crippen molar-refractivity contribution in [2.45, 2.75) is 182 Å². The lowest BCUT2D eigenvalue weighted by molar-refractivity contribution is 0.295. The van der Waals surface area contributed by atoms with E-state index in [1.54, 1.807) is 0 Å². The standard InChI is InChI=1S/C66H82O4/c1-6-11-15-19-23-27-44-67-61-49-58(62(48-52(61)10-5)68-45-28-24-20-16-12-7-2)40-41-59-51-63(69-46-29-25-21-17-13-8-3)57(50-64(59)70-47-30-26-22-18-14-9-4)39-35-53-34-36-56-38-37-54-32-31-33-55-42-43-60(53)66(56)65(54)55/h5,31-34,36-38,42-43,48-51H,6-9,11-30,44-47H2,1-4H3. The molecule has 70 heavy (non-hydrogen) atoms. The van der Waals surface area contributed by atoms with E-state index in [1.165, 1.54) is 130 Å². The summed E-state index contributed by atoms with van der Waals surface area (Å²) in [5, 5.41) is 7.43. The van der Waals surface area contributed by atoms with Crippen LogP contribution in [0.5, 0.6) is 23.0 Å². The molecular weight excluding hydrogens is 857 g/mol. The number of terminal acetylenes is 1. The highest BCUT2D eigenvalue weighted by molar-refractivity contribution is 6.23. The van der Waals surface area contributed by atoms with Crippen LogP contribution in [0.25, 0.3) is 32.3 Å². The van der Waals surface area contributed by atoms with Crippen molar-refractivity contribution in [3.8, 4) is 59.0 Å². The second-order valence-corrected chi connectivity index (χ2v) is 19.3. The zero-order valence-electron chi connectivity index (χ0n) is 43.5. The monoisotopic (exact) mass is 939 g/mol. The highest BCUT2D eigenvalue weighted by atomic mass is 16.5. The Morgan fingerprint density at radius 1 is 0.329 bits per heavy atom. The number of benzene rings is 6. The maximum atomic E-state index is 6.71.